The van der Waals surface area contributed by atoms with Crippen LogP contribution in [0, 0.1) is 5.92 Å². The van der Waals surface area contributed by atoms with E-state index in [1.54, 1.807) is 11.3 Å². The van der Waals surface area contributed by atoms with Crippen molar-refractivity contribution >= 4 is 22.9 Å². The molecule has 3 heterocycles. The van der Waals surface area contributed by atoms with Crippen molar-refractivity contribution in [2.45, 2.75) is 56.4 Å². The Balaban J connectivity index is 1.73. The van der Waals surface area contributed by atoms with E-state index >= 15 is 0 Å². The molecule has 0 radical (unpaired) electrons. The maximum absolute atomic E-state index is 10.1. The lowest BCUT2D eigenvalue weighted by Crippen LogP contribution is -2.54. The summed E-state index contributed by atoms with van der Waals surface area (Å²) < 4.78 is 6.96. The highest BCUT2D eigenvalue weighted by molar-refractivity contribution is 7.16. The maximum atomic E-state index is 10.1. The van der Waals surface area contributed by atoms with Gasteiger partial charge in [-0.05, 0) is 44.6 Å². The minimum atomic E-state index is -0.524. The maximum Gasteiger partial charge on any atom is 0.106 e. The van der Waals surface area contributed by atoms with Gasteiger partial charge in [0.25, 0.3) is 0 Å². The minimum Gasteiger partial charge on any atom is -0.386 e. The van der Waals surface area contributed by atoms with Crippen molar-refractivity contribution in [1.82, 2.24) is 5.32 Å². The van der Waals surface area contributed by atoms with Gasteiger partial charge in [-0.15, -0.1) is 11.3 Å². The summed E-state index contributed by atoms with van der Waals surface area (Å²) in [6.07, 6.45) is 4.12. The van der Waals surface area contributed by atoms with Crippen molar-refractivity contribution < 1.29 is 9.84 Å². The number of rotatable bonds is 1. The van der Waals surface area contributed by atoms with Gasteiger partial charge in [0.05, 0.1) is 10.9 Å². The third kappa shape index (κ3) is 2.13. The number of hydrogen-bond donors (Lipinski definition) is 2. The van der Waals surface area contributed by atoms with E-state index in [1.165, 1.54) is 17.7 Å². The zero-order chi connectivity index (χ0) is 13.9. The normalized spacial score (nSPS) is 40.9. The second-order valence-corrected chi connectivity index (χ2v) is 8.26. The highest BCUT2D eigenvalue weighted by Gasteiger charge is 2.50. The Morgan fingerprint density at radius 2 is 2.25 bits per heavy atom. The molecule has 1 saturated heterocycles. The SMILES string of the molecule is C[C@H]1C[C@@]2(C[C@@H](C3CC3)N1)OCC(O)c1cc(Cl)sc12. The van der Waals surface area contributed by atoms with E-state index in [0.717, 1.165) is 28.7 Å². The third-order valence-electron chi connectivity index (χ3n) is 4.90. The molecule has 1 saturated carbocycles. The smallest absolute Gasteiger partial charge is 0.106 e. The fraction of sp³-hybridized carbons (Fsp3) is 0.733. The van der Waals surface area contributed by atoms with Gasteiger partial charge in [-0.2, -0.15) is 0 Å². The van der Waals surface area contributed by atoms with Gasteiger partial charge in [0.2, 0.25) is 0 Å². The monoisotopic (exact) mass is 313 g/mol. The molecule has 1 aromatic heterocycles. The fourth-order valence-corrected chi connectivity index (χ4v) is 5.35. The molecule has 4 rings (SSSR count). The Morgan fingerprint density at radius 3 is 3.00 bits per heavy atom. The Hall–Kier alpha value is -0.130. The summed E-state index contributed by atoms with van der Waals surface area (Å²) in [5.41, 5.74) is 0.763. The van der Waals surface area contributed by atoms with E-state index in [1.807, 2.05) is 6.07 Å². The van der Waals surface area contributed by atoms with Crippen LogP contribution in [-0.4, -0.2) is 23.8 Å². The molecule has 0 aromatic carbocycles. The van der Waals surface area contributed by atoms with Gasteiger partial charge in [-0.3, -0.25) is 0 Å². The lowest BCUT2D eigenvalue weighted by atomic mass is 9.78. The molecule has 0 amide bonds. The first-order chi connectivity index (χ1) is 9.57. The molecule has 4 atom stereocenters. The molecule has 1 aromatic rings. The van der Waals surface area contributed by atoms with Gasteiger partial charge in [-0.25, -0.2) is 0 Å². The summed E-state index contributed by atoms with van der Waals surface area (Å²) in [7, 11) is 0. The summed E-state index contributed by atoms with van der Waals surface area (Å²) in [5, 5.41) is 13.9. The number of ether oxygens (including phenoxy) is 1. The van der Waals surface area contributed by atoms with E-state index < -0.39 is 6.10 Å². The second-order valence-electron chi connectivity index (χ2n) is 6.58. The predicted molar refractivity (Wildman–Crippen MR) is 80.3 cm³/mol. The first-order valence-electron chi connectivity index (χ1n) is 7.45. The van der Waals surface area contributed by atoms with E-state index in [9.17, 15) is 5.11 Å². The first-order valence-corrected chi connectivity index (χ1v) is 8.65. The molecule has 1 unspecified atom stereocenters. The summed E-state index contributed by atoms with van der Waals surface area (Å²) >= 11 is 7.79. The zero-order valence-electron chi connectivity index (χ0n) is 11.6. The van der Waals surface area contributed by atoms with Gasteiger partial charge in [0.15, 0.2) is 0 Å². The summed E-state index contributed by atoms with van der Waals surface area (Å²) in [4.78, 5) is 1.17. The van der Waals surface area contributed by atoms with E-state index in [4.69, 9.17) is 16.3 Å². The number of aliphatic hydroxyl groups excluding tert-OH is 1. The van der Waals surface area contributed by atoms with Crippen molar-refractivity contribution in [3.8, 4) is 0 Å². The van der Waals surface area contributed by atoms with Crippen molar-refractivity contribution in [2.24, 2.45) is 5.92 Å². The fourth-order valence-electron chi connectivity index (χ4n) is 3.89. The molecule has 2 aliphatic heterocycles. The van der Waals surface area contributed by atoms with Gasteiger partial charge >= 0.3 is 0 Å². The summed E-state index contributed by atoms with van der Waals surface area (Å²) in [6, 6.07) is 2.91. The van der Waals surface area contributed by atoms with Crippen LogP contribution in [0.4, 0.5) is 0 Å². The Bertz CT molecular complexity index is 530. The zero-order valence-corrected chi connectivity index (χ0v) is 13.1. The molecular formula is C15H20ClNO2S. The quantitative estimate of drug-likeness (QED) is 0.836. The van der Waals surface area contributed by atoms with Crippen molar-refractivity contribution in [2.75, 3.05) is 6.61 Å². The first kappa shape index (κ1) is 13.5. The van der Waals surface area contributed by atoms with Crippen LogP contribution in [0.2, 0.25) is 4.34 Å². The van der Waals surface area contributed by atoms with Gasteiger partial charge in [0, 0.05) is 22.5 Å². The van der Waals surface area contributed by atoms with Gasteiger partial charge in [0.1, 0.15) is 11.7 Å². The standard InChI is InChI=1S/C15H20ClNO2S/c1-8-5-15(6-11(17-8)9-2-3-9)14-10(4-13(16)20-14)12(18)7-19-15/h4,8-9,11-12,17-18H,2-3,5-7H2,1H3/t8-,11-,12?,15-/m0/s1. The average molecular weight is 314 g/mol. The van der Waals surface area contributed by atoms with E-state index in [-0.39, 0.29) is 5.60 Å². The van der Waals surface area contributed by atoms with Crippen LogP contribution in [0.1, 0.15) is 49.2 Å². The second kappa shape index (κ2) is 4.68. The topological polar surface area (TPSA) is 41.5 Å². The molecule has 5 heteroatoms. The molecule has 2 N–H and O–H groups in total. The number of thiophene rings is 1. The Labute approximate surface area is 128 Å². The molecule has 1 aliphatic carbocycles. The number of aliphatic hydroxyl groups is 1. The van der Waals surface area contributed by atoms with Crippen molar-refractivity contribution in [1.29, 1.82) is 0 Å². The van der Waals surface area contributed by atoms with Crippen LogP contribution in [0.15, 0.2) is 6.07 Å². The molecule has 3 aliphatic rings. The largest absolute Gasteiger partial charge is 0.386 e. The number of nitrogens with one attached hydrogen (secondary N) is 1. The molecule has 3 nitrogen and oxygen atoms in total. The molecule has 2 fully saturated rings. The number of halogens is 1. The van der Waals surface area contributed by atoms with Crippen LogP contribution in [0.25, 0.3) is 0 Å². The third-order valence-corrected chi connectivity index (χ3v) is 6.36. The highest BCUT2D eigenvalue weighted by Crippen LogP contribution is 2.52. The number of piperidine rings is 1. The average Bonchev–Trinajstić information content (AvgIpc) is 3.16. The van der Waals surface area contributed by atoms with Crippen LogP contribution in [0.3, 0.4) is 0 Å². The summed E-state index contributed by atoms with van der Waals surface area (Å²) in [5.74, 6) is 0.809. The molecule has 0 bridgehead atoms. The number of hydrogen-bond acceptors (Lipinski definition) is 4. The van der Waals surface area contributed by atoms with Crippen LogP contribution in [0.5, 0.6) is 0 Å². The molecule has 20 heavy (non-hydrogen) atoms. The number of fused-ring (bicyclic) bond motifs is 2. The highest BCUT2D eigenvalue weighted by atomic mass is 35.5. The van der Waals surface area contributed by atoms with Crippen molar-refractivity contribution in [3.05, 3.63) is 20.8 Å². The van der Waals surface area contributed by atoms with E-state index in [2.05, 4.69) is 12.2 Å². The van der Waals surface area contributed by atoms with Crippen LogP contribution >= 0.6 is 22.9 Å². The van der Waals surface area contributed by atoms with Crippen LogP contribution in [-0.2, 0) is 10.3 Å². The van der Waals surface area contributed by atoms with E-state index in [0.29, 0.717) is 18.7 Å². The lowest BCUT2D eigenvalue weighted by molar-refractivity contribution is -0.130. The Morgan fingerprint density at radius 1 is 1.45 bits per heavy atom. The van der Waals surface area contributed by atoms with Gasteiger partial charge < -0.3 is 15.2 Å². The molecule has 110 valence electrons. The molecule has 1 spiro atoms. The summed E-state index contributed by atoms with van der Waals surface area (Å²) in [6.45, 7) is 2.63. The van der Waals surface area contributed by atoms with Gasteiger partial charge in [-0.1, -0.05) is 11.6 Å². The van der Waals surface area contributed by atoms with Crippen LogP contribution < -0.4 is 5.32 Å². The molecular weight excluding hydrogens is 294 g/mol. The Kier molecular flexibility index (Phi) is 3.17. The lowest BCUT2D eigenvalue weighted by Gasteiger charge is -2.47. The predicted octanol–water partition coefficient (Wildman–Crippen LogP) is 3.21. The minimum absolute atomic E-state index is 0.232. The van der Waals surface area contributed by atoms with Crippen molar-refractivity contribution in [3.63, 3.8) is 0 Å².